The molecule has 1 aliphatic rings. The number of phosphoric acid groups is 1. The number of nitrogens with two attached hydrogens (primary N) is 1. The van der Waals surface area contributed by atoms with E-state index in [-0.39, 0.29) is 31.1 Å². The second kappa shape index (κ2) is 23.1. The maximum Gasteiger partial charge on any atom is 0.472 e. The molecule has 6 atom stereocenters. The van der Waals surface area contributed by atoms with E-state index >= 15 is 0 Å². The number of nitriles is 1. The third kappa shape index (κ3) is 13.6. The van der Waals surface area contributed by atoms with Gasteiger partial charge >= 0.3 is 7.82 Å². The fraction of sp³-hybridized carbons (Fsp3) is 0.641. The Hall–Kier alpha value is -3.36. The molecule has 3 heterocycles. The largest absolute Gasteiger partial charge is 0.472 e. The number of aliphatic hydroxyl groups is 2. The fourth-order valence-electron chi connectivity index (χ4n) is 6.78. The summed E-state index contributed by atoms with van der Waals surface area (Å²) in [6.07, 6.45) is 11.9. The summed E-state index contributed by atoms with van der Waals surface area (Å²) >= 11 is 0. The van der Waals surface area contributed by atoms with Gasteiger partial charge in [0.05, 0.1) is 50.3 Å². The van der Waals surface area contributed by atoms with Crippen molar-refractivity contribution >= 4 is 25.9 Å². The quantitative estimate of drug-likeness (QED) is 0.0356. The predicted molar refractivity (Wildman–Crippen MR) is 208 cm³/mol. The lowest BCUT2D eigenvalue weighted by Crippen LogP contribution is -2.49. The van der Waals surface area contributed by atoms with E-state index in [1.54, 1.807) is 12.1 Å². The lowest BCUT2D eigenvalue weighted by molar-refractivity contribution is -0.107. The van der Waals surface area contributed by atoms with Gasteiger partial charge in [0.1, 0.15) is 47.7 Å². The Labute approximate surface area is 328 Å². The summed E-state index contributed by atoms with van der Waals surface area (Å²) in [7, 11) is -4.84. The molecule has 2 aromatic heterocycles. The maximum absolute atomic E-state index is 14.1. The average Bonchev–Trinajstić information content (AvgIpc) is 3.72. The Kier molecular flexibility index (Phi) is 18.7. The Balaban J connectivity index is 1.28. The van der Waals surface area contributed by atoms with Crippen molar-refractivity contribution in [2.75, 3.05) is 38.7 Å². The van der Waals surface area contributed by atoms with Gasteiger partial charge in [0.25, 0.3) is 0 Å². The second-order valence-corrected chi connectivity index (χ2v) is 15.8. The minimum atomic E-state index is -4.84. The van der Waals surface area contributed by atoms with Crippen LogP contribution in [0.2, 0.25) is 0 Å². The van der Waals surface area contributed by atoms with Crippen LogP contribution in [0.25, 0.3) is 5.52 Å². The van der Waals surface area contributed by atoms with Gasteiger partial charge < -0.3 is 35.1 Å². The van der Waals surface area contributed by atoms with Crippen LogP contribution in [0.4, 0.5) is 10.2 Å². The molecule has 1 aliphatic heterocycles. The average molecular weight is 805 g/mol. The summed E-state index contributed by atoms with van der Waals surface area (Å²) in [6, 6.07) is 8.95. The Morgan fingerprint density at radius 1 is 1.05 bits per heavy atom. The number of aliphatic imine (C=N–C) groups is 1. The molecule has 4 rings (SSSR count). The van der Waals surface area contributed by atoms with Crippen molar-refractivity contribution in [1.29, 1.82) is 5.26 Å². The molecule has 15 nitrogen and oxygen atoms in total. The van der Waals surface area contributed by atoms with Crippen LogP contribution < -0.4 is 5.73 Å². The normalized spacial score (nSPS) is 21.2. The highest BCUT2D eigenvalue weighted by atomic mass is 31.2. The van der Waals surface area contributed by atoms with Crippen LogP contribution in [0.1, 0.15) is 113 Å². The van der Waals surface area contributed by atoms with Gasteiger partial charge in [-0.1, -0.05) is 84.0 Å². The van der Waals surface area contributed by atoms with E-state index in [0.717, 1.165) is 25.3 Å². The number of benzene rings is 1. The monoisotopic (exact) mass is 804 g/mol. The van der Waals surface area contributed by atoms with E-state index in [1.807, 2.05) is 6.07 Å². The molecule has 0 saturated carbocycles. The molecule has 1 fully saturated rings. The van der Waals surface area contributed by atoms with Crippen LogP contribution in [0.15, 0.2) is 41.7 Å². The first-order chi connectivity index (χ1) is 27.0. The van der Waals surface area contributed by atoms with Gasteiger partial charge in [-0.3, -0.25) is 14.0 Å². The molecule has 3 aromatic rings. The third-order valence-corrected chi connectivity index (χ3v) is 10.8. The van der Waals surface area contributed by atoms with Gasteiger partial charge in [0, 0.05) is 6.61 Å². The molecule has 17 heteroatoms. The Bertz CT molecular complexity index is 1740. The van der Waals surface area contributed by atoms with Crippen molar-refractivity contribution in [3.05, 3.63) is 59.3 Å². The smallest absolute Gasteiger partial charge is 0.387 e. The van der Waals surface area contributed by atoms with Crippen LogP contribution in [-0.4, -0.2) is 93.3 Å². The molecule has 5 N–H and O–H groups in total. The molecule has 0 bridgehead atoms. The standard InChI is InChI=1S/C39H58FN6O9P/c1-3-4-5-6-7-8-9-10-11-12-13-14-15-18-51-24-32(52-23-30-19-29(22-41)20-31(40)21-30)25-53-56(49,50)54-27-39(26-43-2)37(48)35(47)36(55-39)33-16-17-34-38(42)44-28-45-46(33)34/h16-17,19-21,28,32,35-37,47-48H,2-15,18,23-27H2,1H3,(H,49,50)(H2,42,44,45)/t32-,35+,36+,37+,39-/m1/s1. The van der Waals surface area contributed by atoms with Crippen LogP contribution >= 0.6 is 7.82 Å². The van der Waals surface area contributed by atoms with E-state index < -0.39 is 56.9 Å². The topological polar surface area (TPSA) is 216 Å². The predicted octanol–water partition coefficient (Wildman–Crippen LogP) is 6.38. The van der Waals surface area contributed by atoms with Crippen LogP contribution in [0.5, 0.6) is 0 Å². The molecular weight excluding hydrogens is 746 g/mol. The molecule has 0 spiro atoms. The number of halogens is 1. The van der Waals surface area contributed by atoms with Gasteiger partial charge in [-0.25, -0.2) is 18.5 Å². The van der Waals surface area contributed by atoms with Crippen molar-refractivity contribution in [3.63, 3.8) is 0 Å². The highest BCUT2D eigenvalue weighted by Gasteiger charge is 2.56. The number of anilines is 1. The summed E-state index contributed by atoms with van der Waals surface area (Å²) < 4.78 is 57.2. The highest BCUT2D eigenvalue weighted by Crippen LogP contribution is 2.48. The number of ether oxygens (including phenoxy) is 3. The van der Waals surface area contributed by atoms with E-state index in [1.165, 1.54) is 87.2 Å². The van der Waals surface area contributed by atoms with Gasteiger partial charge in [0.2, 0.25) is 0 Å². The zero-order valence-corrected chi connectivity index (χ0v) is 33.2. The lowest BCUT2D eigenvalue weighted by atomic mass is 9.95. The first-order valence-electron chi connectivity index (χ1n) is 19.6. The molecule has 56 heavy (non-hydrogen) atoms. The number of fused-ring (bicyclic) bond motifs is 1. The summed E-state index contributed by atoms with van der Waals surface area (Å²) in [6.45, 7) is 4.54. The first kappa shape index (κ1) is 45.3. The minimum absolute atomic E-state index is 0.00195. The molecule has 0 radical (unpaired) electrons. The number of nitrogens with zero attached hydrogens (tertiary/aromatic N) is 5. The van der Waals surface area contributed by atoms with Crippen molar-refractivity contribution in [2.24, 2.45) is 4.99 Å². The number of nitrogen functional groups attached to an aromatic ring is 1. The molecule has 0 amide bonds. The summed E-state index contributed by atoms with van der Waals surface area (Å²) in [4.78, 5) is 18.5. The van der Waals surface area contributed by atoms with Gasteiger partial charge in [-0.05, 0) is 49.0 Å². The molecular formula is C39H58FN6O9P. The van der Waals surface area contributed by atoms with E-state index in [0.29, 0.717) is 23.4 Å². The molecule has 1 saturated heterocycles. The number of phosphoric ester groups is 1. The zero-order valence-electron chi connectivity index (χ0n) is 32.3. The fourth-order valence-corrected chi connectivity index (χ4v) is 7.59. The number of unbranched alkanes of at least 4 members (excludes halogenated alkanes) is 12. The summed E-state index contributed by atoms with van der Waals surface area (Å²) in [5.74, 6) is -0.410. The Morgan fingerprint density at radius 3 is 2.39 bits per heavy atom. The first-order valence-corrected chi connectivity index (χ1v) is 21.1. The van der Waals surface area contributed by atoms with Crippen LogP contribution in [0.3, 0.4) is 0 Å². The minimum Gasteiger partial charge on any atom is -0.387 e. The highest BCUT2D eigenvalue weighted by molar-refractivity contribution is 7.47. The maximum atomic E-state index is 14.1. The summed E-state index contributed by atoms with van der Waals surface area (Å²) in [5.41, 5.74) is 5.45. The number of hydrogen-bond acceptors (Lipinski definition) is 13. The van der Waals surface area contributed by atoms with E-state index in [9.17, 15) is 29.3 Å². The van der Waals surface area contributed by atoms with Crippen molar-refractivity contribution in [2.45, 2.75) is 127 Å². The van der Waals surface area contributed by atoms with Gasteiger partial charge in [0.15, 0.2) is 5.82 Å². The summed E-state index contributed by atoms with van der Waals surface area (Å²) in [5, 5.41) is 35.6. The number of hydrogen-bond donors (Lipinski definition) is 4. The zero-order chi connectivity index (χ0) is 40.4. The van der Waals surface area contributed by atoms with Gasteiger partial charge in [-0.15, -0.1) is 0 Å². The van der Waals surface area contributed by atoms with Crippen molar-refractivity contribution < 1.29 is 47.3 Å². The van der Waals surface area contributed by atoms with Crippen LogP contribution in [0, 0.1) is 17.1 Å². The number of rotatable bonds is 28. The van der Waals surface area contributed by atoms with E-state index in [2.05, 4.69) is 28.7 Å². The second-order valence-electron chi connectivity index (χ2n) is 14.4. The lowest BCUT2D eigenvalue weighted by Gasteiger charge is -2.30. The molecule has 1 unspecified atom stereocenters. The van der Waals surface area contributed by atoms with Crippen LogP contribution in [-0.2, 0) is 34.4 Å². The van der Waals surface area contributed by atoms with Crippen molar-refractivity contribution in [1.82, 2.24) is 14.6 Å². The molecule has 310 valence electrons. The van der Waals surface area contributed by atoms with E-state index in [4.69, 9.17) is 29.0 Å². The van der Waals surface area contributed by atoms with Crippen molar-refractivity contribution in [3.8, 4) is 6.07 Å². The third-order valence-electron chi connectivity index (χ3n) is 9.88. The number of aliphatic hydroxyl groups excluding tert-OH is 2. The SMILES string of the molecule is C=NC[C@]1(COP(=O)(O)OC[C@@H](COCCCCCCCCCCCCCCC)OCc2cc(F)cc(C#N)c2)O[C@@H](c2ccc3c(N)ncnn23)[C@H](O)[C@@H]1O. The molecule has 0 aliphatic carbocycles. The van der Waals surface area contributed by atoms with Gasteiger partial charge in [-0.2, -0.15) is 10.4 Å². The molecule has 1 aromatic carbocycles. The Morgan fingerprint density at radius 2 is 1.73 bits per heavy atom. The number of aromatic nitrogens is 3.